The van der Waals surface area contributed by atoms with Crippen molar-refractivity contribution >= 4 is 34.1 Å². The summed E-state index contributed by atoms with van der Waals surface area (Å²) in [5, 5.41) is 8.63. The van der Waals surface area contributed by atoms with Crippen molar-refractivity contribution in [3.05, 3.63) is 45.7 Å². The summed E-state index contributed by atoms with van der Waals surface area (Å²) in [7, 11) is 3.85. The van der Waals surface area contributed by atoms with Crippen LogP contribution in [-0.2, 0) is 6.54 Å². The summed E-state index contributed by atoms with van der Waals surface area (Å²) in [6.07, 6.45) is 0.802. The number of aromatic nitrogens is 1. The monoisotopic (exact) mass is 368 g/mol. The molecular weight excluding hydrogens is 351 g/mol. The second kappa shape index (κ2) is 6.94. The van der Waals surface area contributed by atoms with Crippen LogP contribution in [0.3, 0.4) is 0 Å². The molecule has 3 rings (SSSR count). The molecular formula is C16H18ClFN4OS. The second-order valence-electron chi connectivity index (χ2n) is 5.97. The zero-order valence-corrected chi connectivity index (χ0v) is 14.9. The molecule has 1 fully saturated rings. The Morgan fingerprint density at radius 2 is 2.29 bits per heavy atom. The van der Waals surface area contributed by atoms with E-state index in [0.29, 0.717) is 6.54 Å². The van der Waals surface area contributed by atoms with Gasteiger partial charge in [0, 0.05) is 31.4 Å². The summed E-state index contributed by atoms with van der Waals surface area (Å²) in [5.41, 5.74) is 1.68. The third-order valence-electron chi connectivity index (χ3n) is 3.83. The van der Waals surface area contributed by atoms with Gasteiger partial charge in [0.2, 0.25) is 0 Å². The van der Waals surface area contributed by atoms with Gasteiger partial charge in [-0.2, -0.15) is 0 Å². The molecule has 0 bridgehead atoms. The lowest BCUT2D eigenvalue weighted by Crippen LogP contribution is -2.37. The molecule has 1 aliphatic carbocycles. The molecule has 5 nitrogen and oxygen atoms in total. The minimum absolute atomic E-state index is 0.0262. The largest absolute Gasteiger partial charge is 0.354 e. The van der Waals surface area contributed by atoms with Crippen molar-refractivity contribution in [2.75, 3.05) is 19.0 Å². The first-order valence-corrected chi connectivity index (χ1v) is 8.81. The topological polar surface area (TPSA) is 57.3 Å². The van der Waals surface area contributed by atoms with E-state index in [9.17, 15) is 9.18 Å². The van der Waals surface area contributed by atoms with Gasteiger partial charge < -0.3 is 15.5 Å². The number of halogens is 2. The van der Waals surface area contributed by atoms with Gasteiger partial charge in [-0.05, 0) is 24.1 Å². The molecule has 24 heavy (non-hydrogen) atoms. The standard InChI is InChI=1S/C16H18ClFN4OS/c1-22(2)16-20-10(8-24-16)7-19-15(23)21-14-6-11(14)9-3-4-12(17)13(18)5-9/h3-5,8,11,14H,6-7H2,1-2H3,(H2,19,21,23)/t11-,14+/m0/s1. The Labute approximate surface area is 148 Å². The smallest absolute Gasteiger partial charge is 0.315 e. The van der Waals surface area contributed by atoms with E-state index < -0.39 is 5.82 Å². The fourth-order valence-electron chi connectivity index (χ4n) is 2.44. The highest BCUT2D eigenvalue weighted by Gasteiger charge is 2.39. The number of thiazole rings is 1. The van der Waals surface area contributed by atoms with Gasteiger partial charge in [0.25, 0.3) is 0 Å². The minimum Gasteiger partial charge on any atom is -0.354 e. The molecule has 0 saturated heterocycles. The molecule has 0 spiro atoms. The molecule has 2 aromatic rings. The lowest BCUT2D eigenvalue weighted by Gasteiger charge is -2.07. The van der Waals surface area contributed by atoms with E-state index in [1.165, 1.54) is 17.4 Å². The number of nitrogens with one attached hydrogen (secondary N) is 2. The van der Waals surface area contributed by atoms with Crippen LogP contribution < -0.4 is 15.5 Å². The quantitative estimate of drug-likeness (QED) is 0.850. The Bertz CT molecular complexity index is 751. The van der Waals surface area contributed by atoms with Crippen LogP contribution >= 0.6 is 22.9 Å². The van der Waals surface area contributed by atoms with Crippen LogP contribution in [0.15, 0.2) is 23.6 Å². The van der Waals surface area contributed by atoms with Crippen molar-refractivity contribution in [3.63, 3.8) is 0 Å². The Morgan fingerprint density at radius 1 is 1.50 bits per heavy atom. The van der Waals surface area contributed by atoms with E-state index in [-0.39, 0.29) is 23.0 Å². The molecule has 1 heterocycles. The number of benzene rings is 1. The Balaban J connectivity index is 1.47. The molecule has 128 valence electrons. The fraction of sp³-hybridized carbons (Fsp3) is 0.375. The van der Waals surface area contributed by atoms with Gasteiger partial charge in [-0.25, -0.2) is 14.2 Å². The van der Waals surface area contributed by atoms with Gasteiger partial charge in [-0.1, -0.05) is 17.7 Å². The minimum atomic E-state index is -0.426. The van der Waals surface area contributed by atoms with Crippen LogP contribution in [0, 0.1) is 5.82 Å². The maximum Gasteiger partial charge on any atom is 0.315 e. The normalized spacial score (nSPS) is 19.0. The molecule has 2 amide bonds. The number of carbonyl (C=O) groups excluding carboxylic acids is 1. The zero-order chi connectivity index (χ0) is 17.3. The summed E-state index contributed by atoms with van der Waals surface area (Å²) in [4.78, 5) is 18.3. The maximum absolute atomic E-state index is 13.5. The van der Waals surface area contributed by atoms with Gasteiger partial charge in [0.15, 0.2) is 5.13 Å². The zero-order valence-electron chi connectivity index (χ0n) is 13.3. The highest BCUT2D eigenvalue weighted by Crippen LogP contribution is 2.41. The van der Waals surface area contributed by atoms with Crippen molar-refractivity contribution in [1.29, 1.82) is 0 Å². The number of carbonyl (C=O) groups is 1. The van der Waals surface area contributed by atoms with Crippen LogP contribution in [-0.4, -0.2) is 31.2 Å². The average Bonchev–Trinajstić information content (AvgIpc) is 3.12. The Hall–Kier alpha value is -1.86. The summed E-state index contributed by atoms with van der Waals surface area (Å²) in [6.45, 7) is 0.378. The first kappa shape index (κ1) is 17.0. The molecule has 8 heteroatoms. The third kappa shape index (κ3) is 3.96. The van der Waals surface area contributed by atoms with Gasteiger partial charge in [-0.15, -0.1) is 11.3 Å². The molecule has 0 aliphatic heterocycles. The number of nitrogens with zero attached hydrogens (tertiary/aromatic N) is 2. The predicted molar refractivity (Wildman–Crippen MR) is 94.4 cm³/mol. The van der Waals surface area contributed by atoms with E-state index in [2.05, 4.69) is 15.6 Å². The molecule has 1 saturated carbocycles. The Kier molecular flexibility index (Phi) is 4.91. The van der Waals surface area contributed by atoms with E-state index in [1.807, 2.05) is 24.4 Å². The van der Waals surface area contributed by atoms with Crippen LogP contribution in [0.2, 0.25) is 5.02 Å². The summed E-state index contributed by atoms with van der Waals surface area (Å²) in [6, 6.07) is 4.57. The number of hydrogen-bond donors (Lipinski definition) is 2. The number of anilines is 1. The van der Waals surface area contributed by atoms with E-state index in [1.54, 1.807) is 12.1 Å². The first-order chi connectivity index (χ1) is 11.4. The number of amides is 2. The number of hydrogen-bond acceptors (Lipinski definition) is 4. The SMILES string of the molecule is CN(C)c1nc(CNC(=O)N[C@@H]2C[C@H]2c2ccc(Cl)c(F)c2)cs1. The molecule has 2 atom stereocenters. The molecule has 0 unspecified atom stereocenters. The van der Waals surface area contributed by atoms with E-state index >= 15 is 0 Å². The van der Waals surface area contributed by atoms with Crippen molar-refractivity contribution in [3.8, 4) is 0 Å². The first-order valence-electron chi connectivity index (χ1n) is 7.55. The van der Waals surface area contributed by atoms with Gasteiger partial charge in [-0.3, -0.25) is 0 Å². The summed E-state index contributed by atoms with van der Waals surface area (Å²) >= 11 is 7.22. The fourth-order valence-corrected chi connectivity index (χ4v) is 3.31. The van der Waals surface area contributed by atoms with Crippen LogP contribution in [0.1, 0.15) is 23.6 Å². The molecule has 1 aromatic carbocycles. The molecule has 0 radical (unpaired) electrons. The summed E-state index contributed by atoms with van der Waals surface area (Å²) in [5.74, 6) is -0.286. The van der Waals surface area contributed by atoms with Crippen molar-refractivity contribution < 1.29 is 9.18 Å². The summed E-state index contributed by atoms with van der Waals surface area (Å²) < 4.78 is 13.5. The van der Waals surface area contributed by atoms with Gasteiger partial charge in [0.1, 0.15) is 5.82 Å². The van der Waals surface area contributed by atoms with Crippen LogP contribution in [0.25, 0.3) is 0 Å². The third-order valence-corrected chi connectivity index (χ3v) is 5.19. The Morgan fingerprint density at radius 3 is 2.96 bits per heavy atom. The average molecular weight is 369 g/mol. The highest BCUT2D eigenvalue weighted by molar-refractivity contribution is 7.13. The van der Waals surface area contributed by atoms with Gasteiger partial charge >= 0.3 is 6.03 Å². The van der Waals surface area contributed by atoms with Crippen molar-refractivity contribution in [2.24, 2.45) is 0 Å². The number of rotatable bonds is 5. The second-order valence-corrected chi connectivity index (χ2v) is 7.21. The lowest BCUT2D eigenvalue weighted by atomic mass is 10.1. The molecule has 1 aromatic heterocycles. The van der Waals surface area contributed by atoms with Crippen molar-refractivity contribution in [1.82, 2.24) is 15.6 Å². The highest BCUT2D eigenvalue weighted by atomic mass is 35.5. The van der Waals surface area contributed by atoms with E-state index in [0.717, 1.165) is 22.8 Å². The van der Waals surface area contributed by atoms with Crippen LogP contribution in [0.5, 0.6) is 0 Å². The predicted octanol–water partition coefficient (Wildman–Crippen LogP) is 3.36. The van der Waals surface area contributed by atoms with Crippen LogP contribution in [0.4, 0.5) is 14.3 Å². The van der Waals surface area contributed by atoms with Crippen molar-refractivity contribution in [2.45, 2.75) is 24.9 Å². The molecule has 2 N–H and O–H groups in total. The maximum atomic E-state index is 13.5. The van der Waals surface area contributed by atoms with Gasteiger partial charge in [0.05, 0.1) is 17.3 Å². The lowest BCUT2D eigenvalue weighted by molar-refractivity contribution is 0.240. The number of urea groups is 1. The molecule has 1 aliphatic rings. The van der Waals surface area contributed by atoms with E-state index in [4.69, 9.17) is 11.6 Å².